The van der Waals surface area contributed by atoms with Gasteiger partial charge in [-0.3, -0.25) is 28.9 Å². The van der Waals surface area contributed by atoms with Crippen molar-refractivity contribution < 1.29 is 28.7 Å². The fourth-order valence-corrected chi connectivity index (χ4v) is 3.05. The highest BCUT2D eigenvalue weighted by Gasteiger charge is 2.36. The van der Waals surface area contributed by atoms with Crippen LogP contribution < -0.4 is 10.6 Å². The van der Waals surface area contributed by atoms with Crippen LogP contribution in [0.25, 0.3) is 0 Å². The number of anilines is 1. The molecule has 0 aliphatic carbocycles. The molecule has 2 N–H and O–H groups in total. The van der Waals surface area contributed by atoms with Gasteiger partial charge in [-0.1, -0.05) is 29.8 Å². The summed E-state index contributed by atoms with van der Waals surface area (Å²) in [5.74, 6) is -3.33. The lowest BCUT2D eigenvalue weighted by atomic mass is 10.1. The highest BCUT2D eigenvalue weighted by atomic mass is 35.5. The van der Waals surface area contributed by atoms with E-state index in [0.29, 0.717) is 16.3 Å². The van der Waals surface area contributed by atoms with Crippen molar-refractivity contribution in [3.8, 4) is 0 Å². The number of carbonyl (C=O) groups excluding carboxylic acids is 5. The predicted octanol–water partition coefficient (Wildman–Crippen LogP) is 1.54. The van der Waals surface area contributed by atoms with Gasteiger partial charge >= 0.3 is 5.97 Å². The summed E-state index contributed by atoms with van der Waals surface area (Å²) in [5.41, 5.74) is 1.61. The van der Waals surface area contributed by atoms with E-state index in [1.807, 2.05) is 0 Å². The SMILES string of the molecule is Cc1c(Cl)cccc1NC(=O)CNC(=O)COC(=O)CN1C(=O)c2ccccc2C1=O. The maximum absolute atomic E-state index is 12.2. The molecule has 0 bridgehead atoms. The molecule has 31 heavy (non-hydrogen) atoms. The highest BCUT2D eigenvalue weighted by Crippen LogP contribution is 2.23. The normalized spacial score (nSPS) is 12.4. The summed E-state index contributed by atoms with van der Waals surface area (Å²) in [7, 11) is 0. The number of nitrogens with one attached hydrogen (secondary N) is 2. The molecule has 3 rings (SSSR count). The quantitative estimate of drug-likeness (QED) is 0.494. The summed E-state index contributed by atoms with van der Waals surface area (Å²) < 4.78 is 4.80. The van der Waals surface area contributed by atoms with E-state index in [1.165, 1.54) is 12.1 Å². The van der Waals surface area contributed by atoms with Crippen LogP contribution in [0.5, 0.6) is 0 Å². The van der Waals surface area contributed by atoms with E-state index in [4.69, 9.17) is 16.3 Å². The molecule has 0 unspecified atom stereocenters. The highest BCUT2D eigenvalue weighted by molar-refractivity contribution is 6.31. The Labute approximate surface area is 182 Å². The standard InChI is InChI=1S/C21H18ClN3O6/c1-12-15(22)7-4-8-16(12)24-17(26)9-23-18(27)11-31-19(28)10-25-20(29)13-5-2-3-6-14(13)21(25)30/h2-8H,9-11H2,1H3,(H,23,27)(H,24,26). The second-order valence-electron chi connectivity index (χ2n) is 6.64. The van der Waals surface area contributed by atoms with E-state index in [9.17, 15) is 24.0 Å². The molecule has 10 heteroatoms. The molecule has 0 saturated carbocycles. The fourth-order valence-electron chi connectivity index (χ4n) is 2.87. The van der Waals surface area contributed by atoms with Crippen LogP contribution >= 0.6 is 11.6 Å². The number of esters is 1. The summed E-state index contributed by atoms with van der Waals surface area (Å²) in [4.78, 5) is 61.0. The minimum Gasteiger partial charge on any atom is -0.454 e. The van der Waals surface area contributed by atoms with Crippen LogP contribution in [-0.4, -0.2) is 54.2 Å². The number of halogens is 1. The van der Waals surface area contributed by atoms with Gasteiger partial charge in [0.15, 0.2) is 6.61 Å². The van der Waals surface area contributed by atoms with Crippen molar-refractivity contribution >= 4 is 46.9 Å². The van der Waals surface area contributed by atoms with Crippen LogP contribution in [-0.2, 0) is 19.1 Å². The topological polar surface area (TPSA) is 122 Å². The van der Waals surface area contributed by atoms with E-state index in [1.54, 1.807) is 37.3 Å². The van der Waals surface area contributed by atoms with Gasteiger partial charge in [-0.15, -0.1) is 0 Å². The van der Waals surface area contributed by atoms with Gasteiger partial charge < -0.3 is 15.4 Å². The zero-order valence-corrected chi connectivity index (χ0v) is 17.2. The van der Waals surface area contributed by atoms with E-state index in [0.717, 1.165) is 4.90 Å². The molecule has 160 valence electrons. The third-order valence-electron chi connectivity index (χ3n) is 4.52. The van der Waals surface area contributed by atoms with Crippen LogP contribution in [0.1, 0.15) is 26.3 Å². The van der Waals surface area contributed by atoms with Gasteiger partial charge in [-0.25, -0.2) is 0 Å². The molecule has 4 amide bonds. The van der Waals surface area contributed by atoms with E-state index in [-0.39, 0.29) is 17.7 Å². The van der Waals surface area contributed by atoms with Gasteiger partial charge in [0.05, 0.1) is 17.7 Å². The molecule has 0 spiro atoms. The van der Waals surface area contributed by atoms with Crippen molar-refractivity contribution in [2.75, 3.05) is 25.0 Å². The Balaban J connectivity index is 1.42. The summed E-state index contributed by atoms with van der Waals surface area (Å²) >= 11 is 5.99. The number of hydrogen-bond acceptors (Lipinski definition) is 6. The minimum absolute atomic E-state index is 0.207. The van der Waals surface area contributed by atoms with Crippen molar-refractivity contribution in [3.63, 3.8) is 0 Å². The average Bonchev–Trinajstić information content (AvgIpc) is 2.99. The number of rotatable bonds is 7. The first-order valence-corrected chi connectivity index (χ1v) is 9.58. The van der Waals surface area contributed by atoms with Crippen molar-refractivity contribution in [1.29, 1.82) is 0 Å². The Morgan fingerprint density at radius 3 is 2.26 bits per heavy atom. The number of imide groups is 1. The monoisotopic (exact) mass is 443 g/mol. The number of amides is 4. The lowest BCUT2D eigenvalue weighted by molar-refractivity contribution is -0.148. The number of ether oxygens (including phenoxy) is 1. The molecule has 0 atom stereocenters. The Morgan fingerprint density at radius 2 is 1.61 bits per heavy atom. The number of benzene rings is 2. The predicted molar refractivity (Wildman–Crippen MR) is 111 cm³/mol. The second kappa shape index (κ2) is 9.40. The van der Waals surface area contributed by atoms with Gasteiger partial charge in [0.1, 0.15) is 6.54 Å². The Morgan fingerprint density at radius 1 is 0.968 bits per heavy atom. The van der Waals surface area contributed by atoms with Crippen molar-refractivity contribution in [2.24, 2.45) is 0 Å². The van der Waals surface area contributed by atoms with Crippen molar-refractivity contribution in [3.05, 3.63) is 64.2 Å². The molecular weight excluding hydrogens is 426 g/mol. The van der Waals surface area contributed by atoms with Crippen molar-refractivity contribution in [1.82, 2.24) is 10.2 Å². The minimum atomic E-state index is -0.927. The van der Waals surface area contributed by atoms with Gasteiger partial charge in [-0.2, -0.15) is 0 Å². The van der Waals surface area contributed by atoms with Gasteiger partial charge in [0.2, 0.25) is 5.91 Å². The molecule has 2 aromatic carbocycles. The summed E-state index contributed by atoms with van der Waals surface area (Å²) in [6, 6.07) is 11.2. The van der Waals surface area contributed by atoms with Gasteiger partial charge in [0.25, 0.3) is 17.7 Å². The molecule has 0 radical (unpaired) electrons. The lowest BCUT2D eigenvalue weighted by Crippen LogP contribution is -2.38. The number of carbonyl (C=O) groups is 5. The molecule has 9 nitrogen and oxygen atoms in total. The third kappa shape index (κ3) is 5.07. The smallest absolute Gasteiger partial charge is 0.326 e. The van der Waals surface area contributed by atoms with E-state index < -0.39 is 42.7 Å². The number of nitrogens with zero attached hydrogens (tertiary/aromatic N) is 1. The number of hydrogen-bond donors (Lipinski definition) is 2. The first-order valence-electron chi connectivity index (χ1n) is 9.20. The second-order valence-corrected chi connectivity index (χ2v) is 7.05. The molecule has 0 aromatic heterocycles. The Kier molecular flexibility index (Phi) is 6.66. The maximum Gasteiger partial charge on any atom is 0.326 e. The molecule has 0 fully saturated rings. The largest absolute Gasteiger partial charge is 0.454 e. The van der Waals surface area contributed by atoms with Crippen LogP contribution in [0.15, 0.2) is 42.5 Å². The van der Waals surface area contributed by atoms with E-state index in [2.05, 4.69) is 10.6 Å². The third-order valence-corrected chi connectivity index (χ3v) is 4.93. The Bertz CT molecular complexity index is 1050. The summed E-state index contributed by atoms with van der Waals surface area (Å²) in [5, 5.41) is 5.41. The van der Waals surface area contributed by atoms with Crippen molar-refractivity contribution in [2.45, 2.75) is 6.92 Å². The van der Waals surface area contributed by atoms with Crippen LogP contribution in [0, 0.1) is 6.92 Å². The summed E-state index contributed by atoms with van der Waals surface area (Å²) in [6.45, 7) is 0.116. The zero-order valence-electron chi connectivity index (χ0n) is 16.4. The van der Waals surface area contributed by atoms with Crippen LogP contribution in [0.4, 0.5) is 5.69 Å². The molecule has 1 aliphatic heterocycles. The molecule has 0 saturated heterocycles. The average molecular weight is 444 g/mol. The fraction of sp³-hybridized carbons (Fsp3) is 0.190. The maximum atomic E-state index is 12.2. The zero-order chi connectivity index (χ0) is 22.5. The molecule has 2 aromatic rings. The summed E-state index contributed by atoms with van der Waals surface area (Å²) in [6.07, 6.45) is 0. The molecular formula is C21H18ClN3O6. The molecule has 1 aliphatic rings. The Hall–Kier alpha value is -3.72. The van der Waals surface area contributed by atoms with Crippen LogP contribution in [0.2, 0.25) is 5.02 Å². The van der Waals surface area contributed by atoms with E-state index >= 15 is 0 Å². The number of fused-ring (bicyclic) bond motifs is 1. The lowest BCUT2D eigenvalue weighted by Gasteiger charge is -2.13. The first kappa shape index (κ1) is 22.0. The first-order chi connectivity index (χ1) is 14.8. The molecule has 1 heterocycles. The van der Waals surface area contributed by atoms with Gasteiger partial charge in [-0.05, 0) is 36.8 Å². The van der Waals surface area contributed by atoms with Gasteiger partial charge in [0, 0.05) is 10.7 Å². The van der Waals surface area contributed by atoms with Crippen LogP contribution in [0.3, 0.4) is 0 Å².